The summed E-state index contributed by atoms with van der Waals surface area (Å²) in [6.45, 7) is -0.547. The highest BCUT2D eigenvalue weighted by molar-refractivity contribution is 9.10. The van der Waals surface area contributed by atoms with E-state index in [0.29, 0.717) is 0 Å². The predicted molar refractivity (Wildman–Crippen MR) is 66.6 cm³/mol. The maximum Gasteiger partial charge on any atom is 0.332 e. The van der Waals surface area contributed by atoms with Gasteiger partial charge in [-0.1, -0.05) is 15.9 Å². The van der Waals surface area contributed by atoms with Gasteiger partial charge in [0.15, 0.2) is 6.61 Å². The highest BCUT2D eigenvalue weighted by Crippen LogP contribution is 2.20. The Bertz CT molecular complexity index is 396. The van der Waals surface area contributed by atoms with Gasteiger partial charge in [-0.2, -0.15) is 0 Å². The van der Waals surface area contributed by atoms with E-state index in [4.69, 9.17) is 5.11 Å². The zero-order valence-electron chi connectivity index (χ0n) is 8.68. The van der Waals surface area contributed by atoms with E-state index in [0.717, 1.165) is 9.37 Å². The second-order valence-corrected chi connectivity index (χ2v) is 4.91. The third kappa shape index (κ3) is 6.30. The van der Waals surface area contributed by atoms with Crippen LogP contribution in [0.15, 0.2) is 33.6 Å². The van der Waals surface area contributed by atoms with Crippen molar-refractivity contribution < 1.29 is 19.5 Å². The fourth-order valence-corrected chi connectivity index (χ4v) is 1.84. The number of halogens is 1. The molecule has 0 saturated heterocycles. The molecule has 92 valence electrons. The van der Waals surface area contributed by atoms with Crippen molar-refractivity contribution in [3.05, 3.63) is 28.7 Å². The van der Waals surface area contributed by atoms with Crippen LogP contribution in [0.5, 0.6) is 0 Å². The Labute approximate surface area is 111 Å². The SMILES string of the molecule is O=C(O)CONC(=O)CSc1ccc(Br)cc1. The molecule has 0 saturated carbocycles. The number of amides is 1. The molecule has 0 aliphatic carbocycles. The summed E-state index contributed by atoms with van der Waals surface area (Å²) in [5, 5.41) is 8.27. The number of carbonyl (C=O) groups is 2. The van der Waals surface area contributed by atoms with E-state index in [-0.39, 0.29) is 11.7 Å². The summed E-state index contributed by atoms with van der Waals surface area (Å²) in [6.07, 6.45) is 0. The lowest BCUT2D eigenvalue weighted by atomic mass is 10.4. The molecule has 1 aromatic rings. The molecule has 0 aliphatic rings. The molecule has 0 unspecified atom stereocenters. The molecule has 1 aromatic carbocycles. The van der Waals surface area contributed by atoms with E-state index in [9.17, 15) is 9.59 Å². The van der Waals surface area contributed by atoms with Crippen LogP contribution in [-0.2, 0) is 14.4 Å². The molecule has 7 heteroatoms. The lowest BCUT2D eigenvalue weighted by Gasteiger charge is -2.03. The monoisotopic (exact) mass is 319 g/mol. The van der Waals surface area contributed by atoms with Crippen molar-refractivity contribution in [2.45, 2.75) is 4.90 Å². The average Bonchev–Trinajstić information content (AvgIpc) is 2.28. The number of carboxylic acid groups (broad SMARTS) is 1. The second kappa shape index (κ2) is 7.31. The van der Waals surface area contributed by atoms with E-state index < -0.39 is 12.6 Å². The largest absolute Gasteiger partial charge is 0.479 e. The second-order valence-electron chi connectivity index (χ2n) is 2.95. The maximum absolute atomic E-state index is 11.2. The minimum absolute atomic E-state index is 0.168. The first-order chi connectivity index (χ1) is 8.08. The number of carboxylic acids is 1. The fraction of sp³-hybridized carbons (Fsp3) is 0.200. The molecule has 5 nitrogen and oxygen atoms in total. The molecule has 0 atom stereocenters. The first kappa shape index (κ1) is 14.0. The summed E-state index contributed by atoms with van der Waals surface area (Å²) in [6, 6.07) is 7.50. The van der Waals surface area contributed by atoms with Crippen LogP contribution in [0, 0.1) is 0 Å². The minimum Gasteiger partial charge on any atom is -0.479 e. The highest BCUT2D eigenvalue weighted by Gasteiger charge is 2.04. The number of benzene rings is 1. The highest BCUT2D eigenvalue weighted by atomic mass is 79.9. The van der Waals surface area contributed by atoms with Crippen molar-refractivity contribution in [3.8, 4) is 0 Å². The average molecular weight is 320 g/mol. The standard InChI is InChI=1S/C10H10BrNO4S/c11-7-1-3-8(4-2-7)17-6-9(13)12-16-5-10(14)15/h1-4H,5-6H2,(H,12,13)(H,14,15). The molecule has 1 rings (SSSR count). The molecule has 17 heavy (non-hydrogen) atoms. The number of hydrogen-bond acceptors (Lipinski definition) is 4. The Morgan fingerprint density at radius 1 is 1.35 bits per heavy atom. The normalized spacial score (nSPS) is 9.94. The molecule has 0 bridgehead atoms. The summed E-state index contributed by atoms with van der Waals surface area (Å²) in [5.74, 6) is -1.34. The van der Waals surface area contributed by atoms with Crippen LogP contribution in [0.4, 0.5) is 0 Å². The molecular formula is C10H10BrNO4S. The van der Waals surface area contributed by atoms with Crippen LogP contribution >= 0.6 is 27.7 Å². The van der Waals surface area contributed by atoms with Crippen molar-refractivity contribution in [1.82, 2.24) is 5.48 Å². The van der Waals surface area contributed by atoms with Gasteiger partial charge in [-0.05, 0) is 24.3 Å². The van der Waals surface area contributed by atoms with E-state index in [2.05, 4.69) is 20.8 Å². The van der Waals surface area contributed by atoms with Gasteiger partial charge in [0, 0.05) is 9.37 Å². The van der Waals surface area contributed by atoms with Crippen molar-refractivity contribution in [3.63, 3.8) is 0 Å². The number of aliphatic carboxylic acids is 1. The van der Waals surface area contributed by atoms with Crippen molar-refractivity contribution >= 4 is 39.6 Å². The topological polar surface area (TPSA) is 75.6 Å². The van der Waals surface area contributed by atoms with E-state index in [1.165, 1.54) is 11.8 Å². The Morgan fingerprint density at radius 2 is 2.00 bits per heavy atom. The molecule has 0 aliphatic heterocycles. The van der Waals surface area contributed by atoms with Gasteiger partial charge in [-0.25, -0.2) is 10.3 Å². The third-order valence-corrected chi connectivity index (χ3v) is 3.11. The first-order valence-electron chi connectivity index (χ1n) is 4.58. The summed E-state index contributed by atoms with van der Waals surface area (Å²) in [7, 11) is 0. The van der Waals surface area contributed by atoms with Crippen LogP contribution < -0.4 is 5.48 Å². The number of hydrogen-bond donors (Lipinski definition) is 2. The zero-order valence-corrected chi connectivity index (χ0v) is 11.1. The Morgan fingerprint density at radius 3 is 2.59 bits per heavy atom. The van der Waals surface area contributed by atoms with Gasteiger partial charge in [-0.15, -0.1) is 11.8 Å². The van der Waals surface area contributed by atoms with Crippen LogP contribution in [0.3, 0.4) is 0 Å². The molecule has 1 amide bonds. The van der Waals surface area contributed by atoms with Crippen molar-refractivity contribution in [2.75, 3.05) is 12.4 Å². The number of nitrogens with one attached hydrogen (secondary N) is 1. The van der Waals surface area contributed by atoms with E-state index in [1.807, 2.05) is 29.7 Å². The van der Waals surface area contributed by atoms with Crippen LogP contribution in [0.2, 0.25) is 0 Å². The Hall–Kier alpha value is -1.05. The van der Waals surface area contributed by atoms with Crippen LogP contribution in [0.25, 0.3) is 0 Å². The molecular weight excluding hydrogens is 310 g/mol. The molecule has 0 heterocycles. The van der Waals surface area contributed by atoms with Crippen LogP contribution in [-0.4, -0.2) is 29.3 Å². The summed E-state index contributed by atoms with van der Waals surface area (Å²) >= 11 is 4.64. The van der Waals surface area contributed by atoms with Gasteiger partial charge in [0.2, 0.25) is 0 Å². The summed E-state index contributed by atoms with van der Waals surface area (Å²) in [5.41, 5.74) is 2.05. The van der Waals surface area contributed by atoms with Gasteiger partial charge in [0.1, 0.15) is 0 Å². The predicted octanol–water partition coefficient (Wildman–Crippen LogP) is 1.67. The Kier molecular flexibility index (Phi) is 6.03. The van der Waals surface area contributed by atoms with Crippen molar-refractivity contribution in [1.29, 1.82) is 0 Å². The number of carbonyl (C=O) groups excluding carboxylic acids is 1. The van der Waals surface area contributed by atoms with E-state index in [1.54, 1.807) is 0 Å². The smallest absolute Gasteiger partial charge is 0.332 e. The first-order valence-corrected chi connectivity index (χ1v) is 6.36. The zero-order chi connectivity index (χ0) is 12.7. The summed E-state index contributed by atoms with van der Waals surface area (Å²) in [4.78, 5) is 26.7. The fourth-order valence-electron chi connectivity index (χ4n) is 0.887. The van der Waals surface area contributed by atoms with Gasteiger partial charge >= 0.3 is 5.97 Å². The van der Waals surface area contributed by atoms with Gasteiger partial charge in [-0.3, -0.25) is 9.63 Å². The third-order valence-electron chi connectivity index (χ3n) is 1.57. The van der Waals surface area contributed by atoms with E-state index >= 15 is 0 Å². The molecule has 0 aromatic heterocycles. The molecule has 0 radical (unpaired) electrons. The molecule has 2 N–H and O–H groups in total. The summed E-state index contributed by atoms with van der Waals surface area (Å²) < 4.78 is 0.969. The quantitative estimate of drug-likeness (QED) is 0.616. The van der Waals surface area contributed by atoms with Gasteiger partial charge in [0.25, 0.3) is 5.91 Å². The number of thioether (sulfide) groups is 1. The lowest BCUT2D eigenvalue weighted by Crippen LogP contribution is -2.27. The van der Waals surface area contributed by atoms with Crippen molar-refractivity contribution in [2.24, 2.45) is 0 Å². The van der Waals surface area contributed by atoms with Gasteiger partial charge in [0.05, 0.1) is 5.75 Å². The number of hydroxylamine groups is 1. The molecule has 0 spiro atoms. The molecule has 0 fully saturated rings. The Balaban J connectivity index is 2.23. The maximum atomic E-state index is 11.2. The minimum atomic E-state index is -1.13. The number of rotatable bonds is 6. The lowest BCUT2D eigenvalue weighted by molar-refractivity contribution is -0.148. The van der Waals surface area contributed by atoms with Crippen LogP contribution in [0.1, 0.15) is 0 Å². The van der Waals surface area contributed by atoms with Gasteiger partial charge < -0.3 is 5.11 Å².